The molecule has 12 heteroatoms. The maximum atomic E-state index is 13.3. The van der Waals surface area contributed by atoms with Crippen molar-refractivity contribution in [2.45, 2.75) is 89.6 Å². The van der Waals surface area contributed by atoms with Gasteiger partial charge in [-0.2, -0.15) is 13.2 Å². The van der Waals surface area contributed by atoms with Crippen LogP contribution in [0.2, 0.25) is 0 Å². The molecule has 1 aliphatic carbocycles. The lowest BCUT2D eigenvalue weighted by Crippen LogP contribution is -2.50. The van der Waals surface area contributed by atoms with E-state index >= 15 is 0 Å². The third-order valence-electron chi connectivity index (χ3n) is 7.57. The van der Waals surface area contributed by atoms with Crippen molar-refractivity contribution in [2.24, 2.45) is 5.92 Å². The highest BCUT2D eigenvalue weighted by Gasteiger charge is 2.32. The molecule has 40 heavy (non-hydrogen) atoms. The van der Waals surface area contributed by atoms with Gasteiger partial charge in [0.05, 0.1) is 32.0 Å². The number of aliphatic hydroxyl groups is 1. The minimum absolute atomic E-state index is 0.0939. The van der Waals surface area contributed by atoms with Crippen molar-refractivity contribution in [3.05, 3.63) is 23.8 Å². The first-order chi connectivity index (χ1) is 18.9. The molecule has 1 heterocycles. The normalized spacial score (nSPS) is 21.3. The Morgan fingerprint density at radius 3 is 2.58 bits per heavy atom. The highest BCUT2D eigenvalue weighted by atomic mass is 19.4. The Hall–Kier alpha value is -3.02. The molecule has 0 radical (unpaired) electrons. The zero-order chi connectivity index (χ0) is 29.4. The van der Waals surface area contributed by atoms with Gasteiger partial charge in [0.1, 0.15) is 11.9 Å². The van der Waals surface area contributed by atoms with Gasteiger partial charge in [-0.05, 0) is 38.0 Å². The van der Waals surface area contributed by atoms with Crippen LogP contribution >= 0.6 is 0 Å². The van der Waals surface area contributed by atoms with Crippen LogP contribution in [-0.2, 0) is 16.0 Å². The molecule has 0 aromatic heterocycles. The van der Waals surface area contributed by atoms with Gasteiger partial charge in [0.15, 0.2) is 0 Å². The molecule has 1 aromatic rings. The number of hydrogen-bond donors (Lipinski definition) is 3. The monoisotopic (exact) mass is 570 g/mol. The van der Waals surface area contributed by atoms with Crippen LogP contribution in [0.5, 0.6) is 5.75 Å². The first-order valence-electron chi connectivity index (χ1n) is 13.9. The molecule has 1 aliphatic heterocycles. The fourth-order valence-corrected chi connectivity index (χ4v) is 5.09. The minimum atomic E-state index is -4.44. The van der Waals surface area contributed by atoms with Crippen LogP contribution in [0.1, 0.15) is 64.4 Å². The highest BCUT2D eigenvalue weighted by Crippen LogP contribution is 2.30. The Labute approximate surface area is 233 Å². The Balaban J connectivity index is 1.81. The number of rotatable bonds is 8. The first-order valence-corrected chi connectivity index (χ1v) is 13.9. The molecule has 2 aliphatic rings. The molecule has 1 aromatic carbocycles. The van der Waals surface area contributed by atoms with Crippen molar-refractivity contribution >= 4 is 23.5 Å². The average molecular weight is 571 g/mol. The Bertz CT molecular complexity index is 1030. The number of carbonyl (C=O) groups excluding carboxylic acids is 3. The SMILES string of the molecule is C[C@H]1CN([C@@H](C)CO)C(=O)Cc2cc(NC(=O)CCC(F)(F)F)ccc2O[C@H]1CN(C)C(=O)NC1CCCCC1. The van der Waals surface area contributed by atoms with Gasteiger partial charge in [-0.25, -0.2) is 4.79 Å². The topological polar surface area (TPSA) is 111 Å². The van der Waals surface area contributed by atoms with E-state index in [1.54, 1.807) is 29.8 Å². The average Bonchev–Trinajstić information content (AvgIpc) is 2.94. The van der Waals surface area contributed by atoms with Crippen molar-refractivity contribution < 1.29 is 37.4 Å². The van der Waals surface area contributed by atoms with Crippen LogP contribution in [0.3, 0.4) is 0 Å². The van der Waals surface area contributed by atoms with E-state index in [2.05, 4.69) is 10.6 Å². The maximum absolute atomic E-state index is 13.3. The quantitative estimate of drug-likeness (QED) is 0.436. The second kappa shape index (κ2) is 14.0. The molecule has 3 atom stereocenters. The standard InChI is InChI=1S/C28H41F3N4O5/c1-18-15-35(19(2)17-36)26(38)14-20-13-22(32-25(37)11-12-28(29,30)31)9-10-23(20)40-24(18)16-34(3)27(39)33-21-7-5-4-6-8-21/h9-10,13,18-19,21,24,36H,4-8,11-12,14-17H2,1-3H3,(H,32,37)(H,33,39)/t18-,19-,24-/m0/s1. The predicted molar refractivity (Wildman–Crippen MR) is 144 cm³/mol. The fourth-order valence-electron chi connectivity index (χ4n) is 5.09. The molecular weight excluding hydrogens is 529 g/mol. The molecule has 3 N–H and O–H groups in total. The molecule has 9 nitrogen and oxygen atoms in total. The second-order valence-electron chi connectivity index (χ2n) is 11.0. The summed E-state index contributed by atoms with van der Waals surface area (Å²) >= 11 is 0. The van der Waals surface area contributed by atoms with E-state index in [1.807, 2.05) is 6.92 Å². The van der Waals surface area contributed by atoms with E-state index in [0.29, 0.717) is 17.9 Å². The number of urea groups is 1. The lowest BCUT2D eigenvalue weighted by Gasteiger charge is -2.34. The van der Waals surface area contributed by atoms with Crippen LogP contribution in [0.4, 0.5) is 23.7 Å². The largest absolute Gasteiger partial charge is 0.488 e. The number of amides is 4. The zero-order valence-electron chi connectivity index (χ0n) is 23.4. The summed E-state index contributed by atoms with van der Waals surface area (Å²) in [6.07, 6.45) is -1.74. The van der Waals surface area contributed by atoms with Gasteiger partial charge in [-0.1, -0.05) is 26.2 Å². The summed E-state index contributed by atoms with van der Waals surface area (Å²) in [7, 11) is 1.70. The summed E-state index contributed by atoms with van der Waals surface area (Å²) < 4.78 is 43.9. The van der Waals surface area contributed by atoms with E-state index in [9.17, 15) is 32.7 Å². The summed E-state index contributed by atoms with van der Waals surface area (Å²) in [6, 6.07) is 4.10. The highest BCUT2D eigenvalue weighted by molar-refractivity contribution is 5.91. The minimum Gasteiger partial charge on any atom is -0.488 e. The Morgan fingerprint density at radius 2 is 1.93 bits per heavy atom. The van der Waals surface area contributed by atoms with Crippen LogP contribution < -0.4 is 15.4 Å². The summed E-state index contributed by atoms with van der Waals surface area (Å²) in [4.78, 5) is 41.5. The third kappa shape index (κ3) is 9.28. The van der Waals surface area contributed by atoms with Crippen LogP contribution in [0, 0.1) is 5.92 Å². The summed E-state index contributed by atoms with van der Waals surface area (Å²) in [5.74, 6) is -0.878. The van der Waals surface area contributed by atoms with Gasteiger partial charge in [0.2, 0.25) is 11.8 Å². The van der Waals surface area contributed by atoms with E-state index in [-0.39, 0.29) is 49.2 Å². The van der Waals surface area contributed by atoms with E-state index in [0.717, 1.165) is 25.7 Å². The number of aliphatic hydroxyl groups excluding tert-OH is 1. The molecular formula is C28H41F3N4O5. The zero-order valence-corrected chi connectivity index (χ0v) is 23.4. The number of hydrogen-bond acceptors (Lipinski definition) is 5. The van der Waals surface area contributed by atoms with Crippen LogP contribution in [-0.4, -0.2) is 83.9 Å². The number of anilines is 1. The molecule has 3 rings (SSSR count). The van der Waals surface area contributed by atoms with Gasteiger partial charge in [0.25, 0.3) is 0 Å². The van der Waals surface area contributed by atoms with Crippen molar-refractivity contribution in [3.8, 4) is 5.75 Å². The number of alkyl halides is 3. The maximum Gasteiger partial charge on any atom is 0.389 e. The van der Waals surface area contributed by atoms with Crippen molar-refractivity contribution in [1.29, 1.82) is 0 Å². The van der Waals surface area contributed by atoms with Gasteiger partial charge in [-0.3, -0.25) is 9.59 Å². The molecule has 1 fully saturated rings. The lowest BCUT2D eigenvalue weighted by atomic mass is 9.96. The van der Waals surface area contributed by atoms with Gasteiger partial charge in [0, 0.05) is 43.2 Å². The Morgan fingerprint density at radius 1 is 1.23 bits per heavy atom. The molecule has 0 unspecified atom stereocenters. The summed E-state index contributed by atoms with van der Waals surface area (Å²) in [5, 5.41) is 15.4. The van der Waals surface area contributed by atoms with Crippen molar-refractivity contribution in [3.63, 3.8) is 0 Å². The number of likely N-dealkylation sites (N-methyl/N-ethyl adjacent to an activating group) is 1. The number of fused-ring (bicyclic) bond motifs is 1. The van der Waals surface area contributed by atoms with Gasteiger partial charge < -0.3 is 30.3 Å². The third-order valence-corrected chi connectivity index (χ3v) is 7.57. The summed E-state index contributed by atoms with van der Waals surface area (Å²) in [6.45, 7) is 3.95. The molecule has 224 valence electrons. The number of nitrogens with one attached hydrogen (secondary N) is 2. The predicted octanol–water partition coefficient (Wildman–Crippen LogP) is 4.09. The van der Waals surface area contributed by atoms with E-state index in [1.165, 1.54) is 18.6 Å². The van der Waals surface area contributed by atoms with E-state index in [4.69, 9.17) is 4.74 Å². The molecule has 0 saturated heterocycles. The molecule has 0 bridgehead atoms. The van der Waals surface area contributed by atoms with Crippen LogP contribution in [0.15, 0.2) is 18.2 Å². The second-order valence-corrected chi connectivity index (χ2v) is 11.0. The number of carbonyl (C=O) groups is 3. The van der Waals surface area contributed by atoms with E-state index < -0.39 is 37.1 Å². The lowest BCUT2D eigenvalue weighted by molar-refractivity contribution is -0.142. The molecule has 0 spiro atoms. The van der Waals surface area contributed by atoms with Crippen molar-refractivity contribution in [1.82, 2.24) is 15.1 Å². The number of benzene rings is 1. The van der Waals surface area contributed by atoms with Gasteiger partial charge >= 0.3 is 12.2 Å². The smallest absolute Gasteiger partial charge is 0.389 e. The Kier molecular flexibility index (Phi) is 11.1. The van der Waals surface area contributed by atoms with Gasteiger partial charge in [-0.15, -0.1) is 0 Å². The summed E-state index contributed by atoms with van der Waals surface area (Å²) in [5.41, 5.74) is 0.694. The first kappa shape index (κ1) is 31.5. The fraction of sp³-hybridized carbons (Fsp3) is 0.679. The molecule has 1 saturated carbocycles. The number of ether oxygens (including phenoxy) is 1. The number of nitrogens with zero attached hydrogens (tertiary/aromatic N) is 2. The van der Waals surface area contributed by atoms with Crippen LogP contribution in [0.25, 0.3) is 0 Å². The molecule has 4 amide bonds. The van der Waals surface area contributed by atoms with Crippen molar-refractivity contribution in [2.75, 3.05) is 32.1 Å². The number of halogens is 3.